The lowest BCUT2D eigenvalue weighted by atomic mass is 10.1. The average molecular weight is 310 g/mol. The number of hydrogen-bond acceptors (Lipinski definition) is 6. The van der Waals surface area contributed by atoms with Gasteiger partial charge in [-0.05, 0) is 44.2 Å². The lowest BCUT2D eigenvalue weighted by Gasteiger charge is -2.21. The molecule has 0 aliphatic carbocycles. The lowest BCUT2D eigenvalue weighted by Crippen LogP contribution is -2.41. The van der Waals surface area contributed by atoms with E-state index in [1.165, 1.54) is 0 Å². The summed E-state index contributed by atoms with van der Waals surface area (Å²) in [5.41, 5.74) is 10.9. The third kappa shape index (κ3) is 2.27. The van der Waals surface area contributed by atoms with Gasteiger partial charge in [-0.1, -0.05) is 0 Å². The monoisotopic (exact) mass is 310 g/mol. The molecule has 0 unspecified atom stereocenters. The lowest BCUT2D eigenvalue weighted by molar-refractivity contribution is 0.414. The molecule has 23 heavy (non-hydrogen) atoms. The summed E-state index contributed by atoms with van der Waals surface area (Å²) >= 11 is 0. The topological polar surface area (TPSA) is 62.6 Å². The van der Waals surface area contributed by atoms with Crippen molar-refractivity contribution in [3.8, 4) is 17.2 Å². The van der Waals surface area contributed by atoms with Crippen molar-refractivity contribution in [1.29, 1.82) is 0 Å². The van der Waals surface area contributed by atoms with Gasteiger partial charge in [0.25, 0.3) is 0 Å². The van der Waals surface area contributed by atoms with Crippen LogP contribution in [0.4, 0.5) is 11.4 Å². The standard InChI is InChI=1S/C17H18N4O2/c1-10(2)21-15-7-4-11(8-14(15)19-20-21)17-18-13-6-5-12(22-3)9-16(13)23-17/h4-10,19-20H,1-3H3. The molecule has 4 rings (SSSR count). The molecule has 0 spiro atoms. The SMILES string of the molecule is COc1ccc2nc(-c3ccc4c(c3)NNN4C(C)C)oc2c1. The van der Waals surface area contributed by atoms with Gasteiger partial charge in [-0.2, -0.15) is 0 Å². The number of oxazole rings is 1. The Kier molecular flexibility index (Phi) is 3.12. The first-order chi connectivity index (χ1) is 11.2. The molecule has 6 heteroatoms. The molecule has 1 aliphatic rings. The van der Waals surface area contributed by atoms with E-state index in [2.05, 4.69) is 40.9 Å². The fourth-order valence-corrected chi connectivity index (χ4v) is 2.72. The van der Waals surface area contributed by atoms with Crippen molar-refractivity contribution < 1.29 is 9.15 Å². The van der Waals surface area contributed by atoms with Crippen molar-refractivity contribution >= 4 is 22.5 Å². The number of hydrogen-bond donors (Lipinski definition) is 2. The van der Waals surface area contributed by atoms with E-state index in [1.54, 1.807) is 7.11 Å². The quantitative estimate of drug-likeness (QED) is 0.771. The molecule has 0 radical (unpaired) electrons. The number of nitrogens with zero attached hydrogens (tertiary/aromatic N) is 2. The van der Waals surface area contributed by atoms with Crippen LogP contribution in [0.5, 0.6) is 5.75 Å². The summed E-state index contributed by atoms with van der Waals surface area (Å²) in [4.78, 5) is 4.55. The highest BCUT2D eigenvalue weighted by Gasteiger charge is 2.22. The van der Waals surface area contributed by atoms with Crippen LogP contribution in [-0.4, -0.2) is 18.1 Å². The second-order valence-electron chi connectivity index (χ2n) is 5.79. The fraction of sp³-hybridized carbons (Fsp3) is 0.235. The van der Waals surface area contributed by atoms with Gasteiger partial charge in [0.1, 0.15) is 11.3 Å². The molecule has 0 saturated carbocycles. The molecule has 118 valence electrons. The number of anilines is 2. The number of fused-ring (bicyclic) bond motifs is 2. The van der Waals surface area contributed by atoms with Crippen LogP contribution in [0.15, 0.2) is 40.8 Å². The highest BCUT2D eigenvalue weighted by molar-refractivity contribution is 5.81. The zero-order valence-corrected chi connectivity index (χ0v) is 13.3. The first-order valence-electron chi connectivity index (χ1n) is 7.55. The van der Waals surface area contributed by atoms with E-state index in [0.717, 1.165) is 33.8 Å². The first-order valence-corrected chi connectivity index (χ1v) is 7.55. The predicted molar refractivity (Wildman–Crippen MR) is 90.4 cm³/mol. The number of hydrazine groups is 2. The largest absolute Gasteiger partial charge is 0.497 e. The molecule has 0 bridgehead atoms. The minimum atomic E-state index is 0.353. The molecule has 2 heterocycles. The minimum Gasteiger partial charge on any atom is -0.497 e. The van der Waals surface area contributed by atoms with E-state index >= 15 is 0 Å². The van der Waals surface area contributed by atoms with Gasteiger partial charge in [0.05, 0.1) is 18.5 Å². The highest BCUT2D eigenvalue weighted by Crippen LogP contribution is 2.35. The normalized spacial score (nSPS) is 13.5. The number of nitrogens with one attached hydrogen (secondary N) is 2. The molecular formula is C17H18N4O2. The maximum absolute atomic E-state index is 5.88. The van der Waals surface area contributed by atoms with Crippen molar-refractivity contribution in [3.05, 3.63) is 36.4 Å². The second kappa shape index (κ2) is 5.17. The molecule has 0 fully saturated rings. The summed E-state index contributed by atoms with van der Waals surface area (Å²) in [6.45, 7) is 4.26. The number of benzene rings is 2. The van der Waals surface area contributed by atoms with Gasteiger partial charge in [-0.25, -0.2) is 4.98 Å². The smallest absolute Gasteiger partial charge is 0.227 e. The molecular weight excluding hydrogens is 292 g/mol. The van der Waals surface area contributed by atoms with Crippen molar-refractivity contribution in [3.63, 3.8) is 0 Å². The Labute approximate surface area is 134 Å². The molecule has 0 amide bonds. The Hall–Kier alpha value is -2.73. The van der Waals surface area contributed by atoms with E-state index in [0.29, 0.717) is 11.9 Å². The first kappa shape index (κ1) is 13.9. The van der Waals surface area contributed by atoms with Crippen LogP contribution in [-0.2, 0) is 0 Å². The van der Waals surface area contributed by atoms with Crippen LogP contribution in [0.3, 0.4) is 0 Å². The third-order valence-corrected chi connectivity index (χ3v) is 3.93. The Balaban J connectivity index is 1.74. The van der Waals surface area contributed by atoms with Gasteiger partial charge in [0.15, 0.2) is 5.58 Å². The number of ether oxygens (including phenoxy) is 1. The number of rotatable bonds is 3. The maximum Gasteiger partial charge on any atom is 0.227 e. The molecule has 2 aromatic carbocycles. The summed E-state index contributed by atoms with van der Waals surface area (Å²) in [5.74, 6) is 1.36. The van der Waals surface area contributed by atoms with Crippen LogP contribution in [0.2, 0.25) is 0 Å². The predicted octanol–water partition coefficient (Wildman–Crippen LogP) is 3.56. The van der Waals surface area contributed by atoms with Crippen LogP contribution < -0.4 is 20.7 Å². The van der Waals surface area contributed by atoms with E-state index in [4.69, 9.17) is 9.15 Å². The molecule has 1 aliphatic heterocycles. The molecule has 0 atom stereocenters. The van der Waals surface area contributed by atoms with Crippen LogP contribution in [0.1, 0.15) is 13.8 Å². The van der Waals surface area contributed by atoms with Crippen molar-refractivity contribution in [2.75, 3.05) is 17.5 Å². The average Bonchev–Trinajstić information content (AvgIpc) is 3.17. The zero-order valence-electron chi connectivity index (χ0n) is 13.3. The molecule has 1 aromatic heterocycles. The van der Waals surface area contributed by atoms with E-state index in [1.807, 2.05) is 30.3 Å². The summed E-state index contributed by atoms with van der Waals surface area (Å²) in [5, 5.41) is 2.08. The molecule has 0 saturated heterocycles. The summed E-state index contributed by atoms with van der Waals surface area (Å²) in [7, 11) is 1.64. The minimum absolute atomic E-state index is 0.353. The maximum atomic E-state index is 5.88. The van der Waals surface area contributed by atoms with Crippen LogP contribution in [0, 0.1) is 0 Å². The second-order valence-corrected chi connectivity index (χ2v) is 5.79. The van der Waals surface area contributed by atoms with Gasteiger partial charge >= 0.3 is 0 Å². The number of methoxy groups -OCH3 is 1. The number of aromatic nitrogens is 1. The Bertz CT molecular complexity index is 872. The van der Waals surface area contributed by atoms with Crippen LogP contribution in [0.25, 0.3) is 22.6 Å². The molecule has 2 N–H and O–H groups in total. The summed E-state index contributed by atoms with van der Waals surface area (Å²) in [6.07, 6.45) is 0. The fourth-order valence-electron chi connectivity index (χ4n) is 2.72. The van der Waals surface area contributed by atoms with Gasteiger partial charge in [-0.15, -0.1) is 5.53 Å². The van der Waals surface area contributed by atoms with Crippen molar-refractivity contribution in [1.82, 2.24) is 10.5 Å². The van der Waals surface area contributed by atoms with Crippen LogP contribution >= 0.6 is 0 Å². The Morgan fingerprint density at radius 1 is 1.17 bits per heavy atom. The van der Waals surface area contributed by atoms with Crippen molar-refractivity contribution in [2.45, 2.75) is 19.9 Å². The van der Waals surface area contributed by atoms with Gasteiger partial charge in [0, 0.05) is 17.7 Å². The zero-order chi connectivity index (χ0) is 16.0. The van der Waals surface area contributed by atoms with E-state index in [-0.39, 0.29) is 0 Å². The highest BCUT2D eigenvalue weighted by atomic mass is 16.5. The Morgan fingerprint density at radius 2 is 2.04 bits per heavy atom. The summed E-state index contributed by atoms with van der Waals surface area (Å²) < 4.78 is 11.1. The molecule has 3 aromatic rings. The summed E-state index contributed by atoms with van der Waals surface area (Å²) in [6, 6.07) is 12.1. The molecule has 6 nitrogen and oxygen atoms in total. The van der Waals surface area contributed by atoms with Gasteiger partial charge < -0.3 is 14.6 Å². The van der Waals surface area contributed by atoms with Gasteiger partial charge in [0.2, 0.25) is 5.89 Å². The third-order valence-electron chi connectivity index (χ3n) is 3.93. The Morgan fingerprint density at radius 3 is 2.83 bits per heavy atom. The van der Waals surface area contributed by atoms with E-state index in [9.17, 15) is 0 Å². The van der Waals surface area contributed by atoms with E-state index < -0.39 is 0 Å². The van der Waals surface area contributed by atoms with Crippen molar-refractivity contribution in [2.24, 2.45) is 0 Å². The van der Waals surface area contributed by atoms with Gasteiger partial charge in [-0.3, -0.25) is 5.01 Å².